The first-order valence-corrected chi connectivity index (χ1v) is 22.9. The van der Waals surface area contributed by atoms with Crippen molar-refractivity contribution in [3.8, 4) is 0 Å². The van der Waals surface area contributed by atoms with Crippen LogP contribution >= 0.6 is 0 Å². The number of rotatable bonds is 8. The number of aryl methyl sites for hydroxylation is 10. The molecule has 0 atom stereocenters. The van der Waals surface area contributed by atoms with E-state index in [0.29, 0.717) is 5.82 Å². The Hall–Kier alpha value is -8.72. The molecule has 340 valence electrons. The molecule has 0 aliphatic carbocycles. The monoisotopic (exact) mass is 907 g/mol. The van der Waals surface area contributed by atoms with Gasteiger partial charge >= 0.3 is 0 Å². The summed E-state index contributed by atoms with van der Waals surface area (Å²) in [6.07, 6.45) is 12.5. The van der Waals surface area contributed by atoms with E-state index in [2.05, 4.69) is 98.7 Å². The molecule has 0 saturated heterocycles. The normalized spacial score (nSPS) is 11.5. The lowest BCUT2D eigenvalue weighted by atomic mass is 10.1. The van der Waals surface area contributed by atoms with E-state index in [4.69, 9.17) is 9.97 Å². The van der Waals surface area contributed by atoms with Gasteiger partial charge in [-0.2, -0.15) is 10.2 Å². The van der Waals surface area contributed by atoms with E-state index in [0.717, 1.165) is 127 Å². The molecule has 9 aromatic heterocycles. The highest BCUT2D eigenvalue weighted by molar-refractivity contribution is 5.81. The van der Waals surface area contributed by atoms with Crippen molar-refractivity contribution >= 4 is 61.8 Å². The number of pyridine rings is 3. The van der Waals surface area contributed by atoms with Gasteiger partial charge in [-0.1, -0.05) is 72.8 Å². The Balaban J connectivity index is 0.000000120. The van der Waals surface area contributed by atoms with Crippen LogP contribution in [-0.2, 0) is 25.7 Å². The molecule has 0 radical (unpaired) electrons. The van der Waals surface area contributed by atoms with Crippen LogP contribution in [-0.4, -0.2) is 73.7 Å². The summed E-state index contributed by atoms with van der Waals surface area (Å²) in [5, 5.41) is 17.1. The third-order valence-electron chi connectivity index (χ3n) is 11.8. The van der Waals surface area contributed by atoms with Gasteiger partial charge in [-0.3, -0.25) is 24.9 Å². The predicted molar refractivity (Wildman–Crippen MR) is 270 cm³/mol. The largest absolute Gasteiger partial charge is 0.256 e. The van der Waals surface area contributed by atoms with E-state index in [1.165, 1.54) is 10.8 Å². The molecular weight excluding hydrogens is 859 g/mol. The molecule has 12 rings (SSSR count). The summed E-state index contributed by atoms with van der Waals surface area (Å²) in [5.74, 6) is 2.32. The molecule has 9 heterocycles. The first-order valence-electron chi connectivity index (χ1n) is 22.9. The van der Waals surface area contributed by atoms with Crippen LogP contribution in [0.5, 0.6) is 0 Å². The first-order chi connectivity index (χ1) is 33.6. The van der Waals surface area contributed by atoms with Crippen LogP contribution in [0, 0.1) is 41.5 Å². The van der Waals surface area contributed by atoms with Gasteiger partial charge in [0.1, 0.15) is 0 Å². The molecule has 0 unspecified atom stereocenters. The molecule has 3 aromatic carbocycles. The van der Waals surface area contributed by atoms with E-state index >= 15 is 0 Å². The van der Waals surface area contributed by atoms with Crippen LogP contribution in [0.15, 0.2) is 128 Å². The molecule has 0 bridgehead atoms. The van der Waals surface area contributed by atoms with Gasteiger partial charge in [0, 0.05) is 59.0 Å². The topological polar surface area (TPSA) is 168 Å². The average Bonchev–Trinajstić information content (AvgIpc) is 4.15. The van der Waals surface area contributed by atoms with E-state index in [1.54, 1.807) is 6.20 Å². The highest BCUT2D eigenvalue weighted by Gasteiger charge is 2.12. The zero-order valence-corrected chi connectivity index (χ0v) is 39.3. The minimum Gasteiger partial charge on any atom is -0.256 e. The summed E-state index contributed by atoms with van der Waals surface area (Å²) >= 11 is 0. The van der Waals surface area contributed by atoms with Crippen molar-refractivity contribution in [3.63, 3.8) is 0 Å². The minimum absolute atomic E-state index is 0.652. The molecule has 12 aromatic rings. The summed E-state index contributed by atoms with van der Waals surface area (Å²) in [5.41, 5.74) is 14.1. The summed E-state index contributed by atoms with van der Waals surface area (Å²) < 4.78 is 5.55. The molecule has 0 saturated carbocycles. The lowest BCUT2D eigenvalue weighted by Gasteiger charge is -2.01. The average molecular weight is 908 g/mol. The molecule has 0 aliphatic rings. The molecule has 69 heavy (non-hydrogen) atoms. The second-order valence-electron chi connectivity index (χ2n) is 16.9. The van der Waals surface area contributed by atoms with Crippen LogP contribution in [0.25, 0.3) is 61.8 Å². The van der Waals surface area contributed by atoms with Crippen LogP contribution in [0.2, 0.25) is 0 Å². The second-order valence-corrected chi connectivity index (χ2v) is 16.9. The van der Waals surface area contributed by atoms with Crippen molar-refractivity contribution in [1.82, 2.24) is 73.7 Å². The molecule has 0 amide bonds. The van der Waals surface area contributed by atoms with Crippen LogP contribution in [0.3, 0.4) is 0 Å². The summed E-state index contributed by atoms with van der Waals surface area (Å²) in [6.45, 7) is 11.8. The second kappa shape index (κ2) is 19.2. The lowest BCUT2D eigenvalue weighted by molar-refractivity contribution is 0.808. The fourth-order valence-electron chi connectivity index (χ4n) is 7.98. The Morgan fingerprint density at radius 1 is 0.377 bits per heavy atom. The molecule has 0 fully saturated rings. The van der Waals surface area contributed by atoms with Crippen molar-refractivity contribution in [2.24, 2.45) is 0 Å². The van der Waals surface area contributed by atoms with Crippen molar-refractivity contribution < 1.29 is 0 Å². The van der Waals surface area contributed by atoms with Crippen molar-refractivity contribution in [2.75, 3.05) is 0 Å². The van der Waals surface area contributed by atoms with Gasteiger partial charge in [-0.05, 0) is 103 Å². The summed E-state index contributed by atoms with van der Waals surface area (Å²) in [4.78, 5) is 40.8. The molecule has 0 spiro atoms. The Bertz CT molecular complexity index is 3560. The molecular formula is C54H49N15. The fraction of sp³-hybridized carbons (Fsp3) is 0.185. The lowest BCUT2D eigenvalue weighted by Crippen LogP contribution is -1.99. The molecule has 15 heteroatoms. The maximum absolute atomic E-state index is 4.70. The smallest absolute Gasteiger partial charge is 0.177 e. The number of nitrogens with zero attached hydrogens (tertiary/aromatic N) is 15. The molecule has 15 nitrogen and oxygen atoms in total. The highest BCUT2D eigenvalue weighted by Crippen LogP contribution is 2.18. The number of aromatic nitrogens is 15. The third kappa shape index (κ3) is 9.74. The minimum atomic E-state index is 0.652. The van der Waals surface area contributed by atoms with E-state index in [1.807, 2.05) is 140 Å². The Morgan fingerprint density at radius 3 is 1.23 bits per heavy atom. The van der Waals surface area contributed by atoms with Crippen molar-refractivity contribution in [1.29, 1.82) is 0 Å². The third-order valence-corrected chi connectivity index (χ3v) is 11.8. The Kier molecular flexibility index (Phi) is 12.3. The Labute approximate surface area is 397 Å². The predicted octanol–water partition coefficient (Wildman–Crippen LogP) is 9.61. The molecule has 0 N–H and O–H groups in total. The number of hydrogen-bond donors (Lipinski definition) is 0. The van der Waals surface area contributed by atoms with Gasteiger partial charge in [0.15, 0.2) is 34.4 Å². The van der Waals surface area contributed by atoms with Crippen LogP contribution < -0.4 is 0 Å². The standard InChI is InChI=1S/2C18H17N5.C18H15N5/c3*1-12-11-19-13(2)18-21-17(22-23(12)18)10-9-15-8-7-14-5-3-4-6-16(14)20-15/h2*3-8,11H,9-10H2,1-2H3;3-11H,1-2H3/b;;10-9+. The number of para-hydroxylation sites is 3. The van der Waals surface area contributed by atoms with Gasteiger partial charge in [-0.15, -0.1) is 5.10 Å². The van der Waals surface area contributed by atoms with Crippen LogP contribution in [0.4, 0.5) is 0 Å². The van der Waals surface area contributed by atoms with Gasteiger partial charge in [0.25, 0.3) is 0 Å². The fourth-order valence-corrected chi connectivity index (χ4v) is 7.98. The molecule has 0 aliphatic heterocycles. The van der Waals surface area contributed by atoms with Gasteiger partial charge in [0.2, 0.25) is 0 Å². The van der Waals surface area contributed by atoms with Crippen molar-refractivity contribution in [2.45, 2.75) is 67.2 Å². The zero-order valence-electron chi connectivity index (χ0n) is 39.3. The maximum Gasteiger partial charge on any atom is 0.177 e. The van der Waals surface area contributed by atoms with E-state index in [9.17, 15) is 0 Å². The number of hydrogen-bond acceptors (Lipinski definition) is 12. The quantitative estimate of drug-likeness (QED) is 0.142. The van der Waals surface area contributed by atoms with E-state index in [-0.39, 0.29) is 0 Å². The summed E-state index contributed by atoms with van der Waals surface area (Å²) in [7, 11) is 0. The van der Waals surface area contributed by atoms with Gasteiger partial charge < -0.3 is 0 Å². The number of fused-ring (bicyclic) bond motifs is 6. The highest BCUT2D eigenvalue weighted by atomic mass is 15.3. The SMILES string of the molecule is Cc1ncc(C)n2nc(/C=C/c3ccc4ccccc4n3)nc12.Cc1ncc(C)n2nc(CCc3ccc4ccccc4n3)nc12.Cc1ncc(C)n2nc(CCc3ccc4ccccc4n3)nc12. The summed E-state index contributed by atoms with van der Waals surface area (Å²) in [6, 6.07) is 36.9. The van der Waals surface area contributed by atoms with E-state index < -0.39 is 0 Å². The Morgan fingerprint density at radius 2 is 0.783 bits per heavy atom. The van der Waals surface area contributed by atoms with Gasteiger partial charge in [-0.25, -0.2) is 33.5 Å². The van der Waals surface area contributed by atoms with Gasteiger partial charge in [0.05, 0.1) is 56.4 Å². The number of benzene rings is 3. The van der Waals surface area contributed by atoms with Crippen molar-refractivity contribution in [3.05, 3.63) is 197 Å². The zero-order chi connectivity index (χ0) is 47.4. The maximum atomic E-state index is 4.70. The van der Waals surface area contributed by atoms with Crippen LogP contribution in [0.1, 0.15) is 68.7 Å². The first kappa shape index (κ1) is 44.1.